The summed E-state index contributed by atoms with van der Waals surface area (Å²) in [5.74, 6) is -0.543. The third-order valence-electron chi connectivity index (χ3n) is 4.99. The molecule has 0 radical (unpaired) electrons. The fraction of sp³-hybridized carbons (Fsp3) is 0.316. The van der Waals surface area contributed by atoms with Crippen LogP contribution in [-0.2, 0) is 13.0 Å². The fourth-order valence-electron chi connectivity index (χ4n) is 3.51. The van der Waals surface area contributed by atoms with Crippen molar-refractivity contribution < 1.29 is 9.18 Å². The smallest absolute Gasteiger partial charge is 0.255 e. The van der Waals surface area contributed by atoms with Crippen LogP contribution in [0.5, 0.6) is 0 Å². The van der Waals surface area contributed by atoms with Gasteiger partial charge in [0.1, 0.15) is 5.82 Å². The number of halogens is 2. The molecule has 124 valence electrons. The van der Waals surface area contributed by atoms with Crippen molar-refractivity contribution in [1.82, 2.24) is 9.80 Å². The van der Waals surface area contributed by atoms with E-state index in [0.717, 1.165) is 19.5 Å². The Morgan fingerprint density at radius 2 is 1.88 bits per heavy atom. The van der Waals surface area contributed by atoms with Crippen molar-refractivity contribution in [2.75, 3.05) is 19.6 Å². The quantitative estimate of drug-likeness (QED) is 0.834. The van der Waals surface area contributed by atoms with Gasteiger partial charge in [-0.25, -0.2) is 4.39 Å². The molecule has 3 nitrogen and oxygen atoms in total. The Morgan fingerprint density at radius 3 is 2.62 bits per heavy atom. The van der Waals surface area contributed by atoms with Gasteiger partial charge in [0.15, 0.2) is 0 Å². The molecular weight excluding hydrogens is 327 g/mol. The molecule has 0 atom stereocenters. The van der Waals surface area contributed by atoms with Crippen molar-refractivity contribution in [1.29, 1.82) is 0 Å². The molecule has 0 bridgehead atoms. The lowest BCUT2D eigenvalue weighted by molar-refractivity contribution is 0.0218. The summed E-state index contributed by atoms with van der Waals surface area (Å²) in [6.45, 7) is 3.38. The Kier molecular flexibility index (Phi) is 4.02. The zero-order chi connectivity index (χ0) is 16.7. The highest BCUT2D eigenvalue weighted by Gasteiger charge is 2.36. The number of carbonyl (C=O) groups is 1. The highest BCUT2D eigenvalue weighted by molar-refractivity contribution is 6.33. The van der Waals surface area contributed by atoms with Crippen LogP contribution in [-0.4, -0.2) is 41.4 Å². The Balaban J connectivity index is 1.39. The summed E-state index contributed by atoms with van der Waals surface area (Å²) in [6, 6.07) is 12.9. The highest BCUT2D eigenvalue weighted by atomic mass is 35.5. The van der Waals surface area contributed by atoms with Crippen LogP contribution >= 0.6 is 11.6 Å². The fourth-order valence-corrected chi connectivity index (χ4v) is 3.76. The minimum atomic E-state index is -0.426. The minimum absolute atomic E-state index is 0.117. The average molecular weight is 345 g/mol. The van der Waals surface area contributed by atoms with E-state index in [1.54, 1.807) is 4.90 Å². The molecule has 2 aromatic carbocycles. The van der Waals surface area contributed by atoms with Crippen LogP contribution in [0.15, 0.2) is 42.5 Å². The molecule has 0 N–H and O–H groups in total. The molecule has 24 heavy (non-hydrogen) atoms. The summed E-state index contributed by atoms with van der Waals surface area (Å²) in [4.78, 5) is 16.7. The molecule has 1 amide bonds. The molecule has 0 spiro atoms. The number of fused-ring (bicyclic) bond motifs is 1. The minimum Gasteiger partial charge on any atom is -0.335 e. The number of likely N-dealkylation sites (tertiary alicyclic amines) is 1. The van der Waals surface area contributed by atoms with E-state index in [0.29, 0.717) is 24.7 Å². The predicted molar refractivity (Wildman–Crippen MR) is 91.7 cm³/mol. The molecular formula is C19H18ClFN2O. The van der Waals surface area contributed by atoms with E-state index < -0.39 is 5.82 Å². The molecule has 2 aliphatic rings. The normalized spacial score (nSPS) is 18.2. The van der Waals surface area contributed by atoms with Gasteiger partial charge in [-0.15, -0.1) is 0 Å². The molecule has 2 aromatic rings. The first-order chi connectivity index (χ1) is 11.6. The highest BCUT2D eigenvalue weighted by Crippen LogP contribution is 2.27. The topological polar surface area (TPSA) is 23.6 Å². The van der Waals surface area contributed by atoms with Gasteiger partial charge in [0.25, 0.3) is 5.91 Å². The lowest BCUT2D eigenvalue weighted by Crippen LogP contribution is -2.61. The van der Waals surface area contributed by atoms with Crippen LogP contribution in [0.25, 0.3) is 0 Å². The van der Waals surface area contributed by atoms with E-state index >= 15 is 0 Å². The van der Waals surface area contributed by atoms with E-state index in [9.17, 15) is 9.18 Å². The van der Waals surface area contributed by atoms with Gasteiger partial charge in [-0.3, -0.25) is 9.69 Å². The second kappa shape index (κ2) is 6.19. The maximum atomic E-state index is 13.1. The van der Waals surface area contributed by atoms with Crippen molar-refractivity contribution in [3.05, 3.63) is 70.0 Å². The van der Waals surface area contributed by atoms with Crippen LogP contribution in [0, 0.1) is 5.82 Å². The van der Waals surface area contributed by atoms with Gasteiger partial charge in [0.05, 0.1) is 10.6 Å². The molecule has 0 aromatic heterocycles. The van der Waals surface area contributed by atoms with Crippen LogP contribution < -0.4 is 0 Å². The van der Waals surface area contributed by atoms with Crippen molar-refractivity contribution in [2.24, 2.45) is 0 Å². The van der Waals surface area contributed by atoms with Gasteiger partial charge < -0.3 is 4.90 Å². The van der Waals surface area contributed by atoms with Crippen LogP contribution in [0.4, 0.5) is 4.39 Å². The first kappa shape index (κ1) is 15.6. The molecule has 1 saturated heterocycles. The maximum Gasteiger partial charge on any atom is 0.255 e. The lowest BCUT2D eigenvalue weighted by atomic mass is 9.96. The van der Waals surface area contributed by atoms with E-state index in [1.165, 1.54) is 29.3 Å². The number of hydrogen-bond donors (Lipinski definition) is 0. The molecule has 1 fully saturated rings. The van der Waals surface area contributed by atoms with Gasteiger partial charge in [-0.2, -0.15) is 0 Å². The molecule has 2 aliphatic heterocycles. The SMILES string of the molecule is O=C(c1ccc(F)cc1Cl)N1CC(N2CCc3ccccc3C2)C1. The standard InChI is InChI=1S/C19H18ClFN2O/c20-18-9-15(21)5-6-17(18)19(24)23-11-16(12-23)22-8-7-13-3-1-2-4-14(13)10-22/h1-6,9,16H,7-8,10-12H2. The molecule has 0 unspecified atom stereocenters. The summed E-state index contributed by atoms with van der Waals surface area (Å²) < 4.78 is 13.1. The van der Waals surface area contributed by atoms with E-state index in [4.69, 9.17) is 11.6 Å². The van der Waals surface area contributed by atoms with Crippen LogP contribution in [0.2, 0.25) is 5.02 Å². The third kappa shape index (κ3) is 2.80. The molecule has 4 rings (SSSR count). The lowest BCUT2D eigenvalue weighted by Gasteiger charge is -2.47. The maximum absolute atomic E-state index is 13.1. The molecule has 5 heteroatoms. The Hall–Kier alpha value is -1.91. The number of amides is 1. The van der Waals surface area contributed by atoms with Crippen molar-refractivity contribution in [3.63, 3.8) is 0 Å². The van der Waals surface area contributed by atoms with Crippen molar-refractivity contribution >= 4 is 17.5 Å². The number of rotatable bonds is 2. The zero-order valence-corrected chi connectivity index (χ0v) is 14.0. The van der Waals surface area contributed by atoms with Crippen LogP contribution in [0.3, 0.4) is 0 Å². The first-order valence-corrected chi connectivity index (χ1v) is 8.55. The summed E-state index contributed by atoms with van der Waals surface area (Å²) in [6.07, 6.45) is 1.06. The first-order valence-electron chi connectivity index (χ1n) is 8.17. The predicted octanol–water partition coefficient (Wildman–Crippen LogP) is 3.36. The zero-order valence-electron chi connectivity index (χ0n) is 13.2. The Morgan fingerprint density at radius 1 is 1.12 bits per heavy atom. The number of hydrogen-bond acceptors (Lipinski definition) is 2. The Bertz CT molecular complexity index is 789. The van der Waals surface area contributed by atoms with Crippen LogP contribution in [0.1, 0.15) is 21.5 Å². The second-order valence-corrected chi connectivity index (χ2v) is 6.88. The van der Waals surface area contributed by atoms with Gasteiger partial charge in [-0.05, 0) is 35.7 Å². The average Bonchev–Trinajstić information content (AvgIpc) is 2.53. The van der Waals surface area contributed by atoms with Crippen molar-refractivity contribution in [2.45, 2.75) is 19.0 Å². The number of carbonyl (C=O) groups excluding carboxylic acids is 1. The largest absolute Gasteiger partial charge is 0.335 e. The second-order valence-electron chi connectivity index (χ2n) is 6.48. The monoisotopic (exact) mass is 344 g/mol. The molecule has 0 aliphatic carbocycles. The third-order valence-corrected chi connectivity index (χ3v) is 5.30. The Labute approximate surface area is 145 Å². The molecule has 2 heterocycles. The summed E-state index contributed by atoms with van der Waals surface area (Å²) >= 11 is 5.99. The van der Waals surface area contributed by atoms with Gasteiger partial charge >= 0.3 is 0 Å². The van der Waals surface area contributed by atoms with E-state index in [1.807, 2.05) is 0 Å². The van der Waals surface area contributed by atoms with Gasteiger partial charge in [0.2, 0.25) is 0 Å². The van der Waals surface area contributed by atoms with Gasteiger partial charge in [-0.1, -0.05) is 35.9 Å². The summed E-state index contributed by atoms with van der Waals surface area (Å²) in [5.41, 5.74) is 3.19. The molecule has 0 saturated carbocycles. The van der Waals surface area contributed by atoms with E-state index in [2.05, 4.69) is 29.2 Å². The summed E-state index contributed by atoms with van der Waals surface area (Å²) in [5, 5.41) is 0.176. The number of benzene rings is 2. The van der Waals surface area contributed by atoms with E-state index in [-0.39, 0.29) is 10.9 Å². The summed E-state index contributed by atoms with van der Waals surface area (Å²) in [7, 11) is 0. The number of nitrogens with zero attached hydrogens (tertiary/aromatic N) is 2. The van der Waals surface area contributed by atoms with Gasteiger partial charge in [0, 0.05) is 32.2 Å². The van der Waals surface area contributed by atoms with Crippen molar-refractivity contribution in [3.8, 4) is 0 Å².